The molecule has 2 fully saturated rings. The van der Waals surface area contributed by atoms with Crippen LogP contribution in [0.4, 0.5) is 0 Å². The van der Waals surface area contributed by atoms with E-state index in [1.54, 1.807) is 6.07 Å². The van der Waals surface area contributed by atoms with Crippen molar-refractivity contribution in [2.75, 3.05) is 5.75 Å². The van der Waals surface area contributed by atoms with Gasteiger partial charge in [0.1, 0.15) is 6.04 Å². The molecular weight excluding hydrogens is 418 g/mol. The van der Waals surface area contributed by atoms with Gasteiger partial charge in [0, 0.05) is 18.2 Å². The predicted octanol–water partition coefficient (Wildman–Crippen LogP) is 2.82. The fourth-order valence-corrected chi connectivity index (χ4v) is 6.29. The van der Waals surface area contributed by atoms with Gasteiger partial charge < -0.3 is 25.7 Å². The number of carbonyl (C=O) groups is 2. The number of aliphatic hydroxyl groups excluding tert-OH is 1. The van der Waals surface area contributed by atoms with Gasteiger partial charge in [0.05, 0.1) is 6.10 Å². The summed E-state index contributed by atoms with van der Waals surface area (Å²) < 4.78 is 0. The number of carbonyl (C=O) groups excluding carboxylic acids is 1. The van der Waals surface area contributed by atoms with Crippen molar-refractivity contribution in [1.29, 1.82) is 0 Å². The highest BCUT2D eigenvalue weighted by atomic mass is 32.1. The number of phenols is 2. The molecule has 1 unspecified atom stereocenters. The molecule has 172 valence electrons. The molecule has 8 heteroatoms. The number of amides is 1. The number of nitrogens with one attached hydrogen (secondary N) is 1. The summed E-state index contributed by atoms with van der Waals surface area (Å²) in [7, 11) is 0. The number of carboxylic acids is 1. The third kappa shape index (κ3) is 4.51. The molecule has 7 nitrogen and oxygen atoms in total. The third-order valence-electron chi connectivity index (χ3n) is 7.67. The number of hydrogen-bond donors (Lipinski definition) is 6. The lowest BCUT2D eigenvalue weighted by Gasteiger charge is -2.50. The van der Waals surface area contributed by atoms with E-state index in [9.17, 15) is 24.9 Å². The number of aliphatic hydroxyl groups is 1. The monoisotopic (exact) mass is 451 g/mol. The predicted molar refractivity (Wildman–Crippen MR) is 119 cm³/mol. The van der Waals surface area contributed by atoms with E-state index in [-0.39, 0.29) is 34.7 Å². The van der Waals surface area contributed by atoms with Crippen LogP contribution >= 0.6 is 12.6 Å². The molecule has 0 spiro atoms. The highest BCUT2D eigenvalue weighted by Gasteiger charge is 2.54. The lowest BCUT2D eigenvalue weighted by Crippen LogP contribution is -2.43. The van der Waals surface area contributed by atoms with E-state index < -0.39 is 12.0 Å². The molecule has 0 radical (unpaired) electrons. The first-order valence-electron chi connectivity index (χ1n) is 10.9. The number of rotatable bonds is 3. The van der Waals surface area contributed by atoms with Crippen LogP contribution in [-0.4, -0.2) is 50.2 Å². The minimum atomic E-state index is -1.06. The maximum absolute atomic E-state index is 10.4. The maximum atomic E-state index is 10.4. The Hall–Kier alpha value is -1.93. The van der Waals surface area contributed by atoms with Crippen molar-refractivity contribution in [2.45, 2.75) is 70.4 Å². The van der Waals surface area contributed by atoms with Crippen molar-refractivity contribution in [2.24, 2.45) is 17.3 Å². The molecule has 6 atom stereocenters. The van der Waals surface area contributed by atoms with Gasteiger partial charge in [-0.05, 0) is 73.3 Å². The van der Waals surface area contributed by atoms with Crippen LogP contribution in [-0.2, 0) is 16.0 Å². The van der Waals surface area contributed by atoms with Crippen LogP contribution in [0.2, 0.25) is 0 Å². The minimum absolute atomic E-state index is 0.00383. The molecule has 0 aromatic heterocycles. The second kappa shape index (κ2) is 9.28. The second-order valence-corrected chi connectivity index (χ2v) is 9.69. The molecule has 1 amide bonds. The number of phenolic OH excluding ortho intramolecular Hbond substituents is 2. The highest BCUT2D eigenvalue weighted by molar-refractivity contribution is 7.80. The third-order valence-corrected chi connectivity index (χ3v) is 8.04. The summed E-state index contributed by atoms with van der Waals surface area (Å²) in [6.45, 7) is 3.54. The smallest absolute Gasteiger partial charge is 0.327 e. The SMILES string of the molecule is CC(=O)N[C@@H](CS)C(=O)O.C[C@]12CC[C@@H]3c4ccc(O)c(O)c4CC[C@H]3[C@@H]1CCC2O. The number of hydrogen-bond acceptors (Lipinski definition) is 6. The van der Waals surface area contributed by atoms with Crippen molar-refractivity contribution in [3.63, 3.8) is 0 Å². The number of carboxylic acid groups (broad SMARTS) is 1. The zero-order chi connectivity index (χ0) is 22.9. The number of aliphatic carboxylic acids is 1. The Morgan fingerprint density at radius 3 is 2.52 bits per heavy atom. The minimum Gasteiger partial charge on any atom is -0.504 e. The maximum Gasteiger partial charge on any atom is 0.327 e. The Morgan fingerprint density at radius 1 is 1.23 bits per heavy atom. The summed E-state index contributed by atoms with van der Waals surface area (Å²) in [5.41, 5.74) is 2.29. The fraction of sp³-hybridized carbons (Fsp3) is 0.652. The summed E-state index contributed by atoms with van der Waals surface area (Å²) in [5.74, 6) is 0.493. The van der Waals surface area contributed by atoms with E-state index in [2.05, 4.69) is 24.9 Å². The van der Waals surface area contributed by atoms with E-state index in [0.29, 0.717) is 17.8 Å². The largest absolute Gasteiger partial charge is 0.504 e. The van der Waals surface area contributed by atoms with Gasteiger partial charge in [-0.15, -0.1) is 0 Å². The van der Waals surface area contributed by atoms with E-state index in [1.807, 2.05) is 6.07 Å². The number of benzene rings is 1. The van der Waals surface area contributed by atoms with Crippen molar-refractivity contribution in [3.8, 4) is 11.5 Å². The van der Waals surface area contributed by atoms with Gasteiger partial charge in [-0.1, -0.05) is 13.0 Å². The fourth-order valence-electron chi connectivity index (χ4n) is 6.04. The standard InChI is InChI=1S/C18H24O3.C5H9NO3S/c1-18-9-8-11-10-4-6-15(19)17(21)13(10)3-2-12(11)14(18)5-7-16(18)20;1-3(7)6-4(2-10)5(8)9/h4,6,11-12,14,16,19-21H,2-3,5,7-9H2,1H3;4,10H,2H2,1H3,(H,6,7)(H,8,9)/t11-,12-,14+,16?,18+;4-/m10/s1. The van der Waals surface area contributed by atoms with Gasteiger partial charge in [0.25, 0.3) is 0 Å². The van der Waals surface area contributed by atoms with Gasteiger partial charge in [-0.3, -0.25) is 4.79 Å². The normalized spacial score (nSPS) is 31.9. The molecule has 3 aliphatic rings. The zero-order valence-electron chi connectivity index (χ0n) is 18.0. The summed E-state index contributed by atoms with van der Waals surface area (Å²) >= 11 is 3.73. The quantitative estimate of drug-likeness (QED) is 0.310. The highest BCUT2D eigenvalue weighted by Crippen LogP contribution is 2.61. The molecule has 0 bridgehead atoms. The summed E-state index contributed by atoms with van der Waals surface area (Å²) in [5, 5.41) is 40.8. The molecule has 1 aromatic carbocycles. The van der Waals surface area contributed by atoms with Crippen LogP contribution in [0.15, 0.2) is 12.1 Å². The van der Waals surface area contributed by atoms with Gasteiger partial charge in [0.2, 0.25) is 5.91 Å². The average molecular weight is 452 g/mol. The van der Waals surface area contributed by atoms with Crippen molar-refractivity contribution in [1.82, 2.24) is 5.32 Å². The molecule has 0 saturated heterocycles. The van der Waals surface area contributed by atoms with Crippen LogP contribution in [0.25, 0.3) is 0 Å². The van der Waals surface area contributed by atoms with E-state index >= 15 is 0 Å². The molecule has 1 aromatic rings. The summed E-state index contributed by atoms with van der Waals surface area (Å²) in [4.78, 5) is 20.5. The van der Waals surface area contributed by atoms with Crippen molar-refractivity contribution in [3.05, 3.63) is 23.3 Å². The first-order chi connectivity index (χ1) is 14.6. The molecule has 5 N–H and O–H groups in total. The number of fused-ring (bicyclic) bond motifs is 5. The average Bonchev–Trinajstić information content (AvgIpc) is 3.03. The molecular formula is C23H33NO6S. The van der Waals surface area contributed by atoms with Crippen LogP contribution < -0.4 is 5.32 Å². The Balaban J connectivity index is 0.000000233. The lowest BCUT2D eigenvalue weighted by atomic mass is 9.55. The summed E-state index contributed by atoms with van der Waals surface area (Å²) in [6, 6.07) is 2.77. The number of aromatic hydroxyl groups is 2. The Labute approximate surface area is 188 Å². The van der Waals surface area contributed by atoms with Crippen molar-refractivity contribution >= 4 is 24.5 Å². The Bertz CT molecular complexity index is 846. The van der Waals surface area contributed by atoms with Gasteiger partial charge >= 0.3 is 5.97 Å². The molecule has 4 rings (SSSR count). The van der Waals surface area contributed by atoms with Gasteiger partial charge in [-0.25, -0.2) is 4.79 Å². The Morgan fingerprint density at radius 2 is 1.94 bits per heavy atom. The van der Waals surface area contributed by atoms with Crippen molar-refractivity contribution < 1.29 is 30.0 Å². The van der Waals surface area contributed by atoms with Crippen LogP contribution in [0, 0.1) is 17.3 Å². The summed E-state index contributed by atoms with van der Waals surface area (Å²) in [6.07, 6.45) is 6.02. The Kier molecular flexibility index (Phi) is 7.11. The number of thiol groups is 1. The first kappa shape index (κ1) is 23.7. The molecule has 2 saturated carbocycles. The topological polar surface area (TPSA) is 127 Å². The van der Waals surface area contributed by atoms with Crippen LogP contribution in [0.5, 0.6) is 11.5 Å². The molecule has 0 heterocycles. The lowest BCUT2D eigenvalue weighted by molar-refractivity contribution is -0.140. The molecule has 31 heavy (non-hydrogen) atoms. The molecule has 3 aliphatic carbocycles. The second-order valence-electron chi connectivity index (χ2n) is 9.33. The molecule has 0 aliphatic heterocycles. The van der Waals surface area contributed by atoms with E-state index in [0.717, 1.165) is 44.1 Å². The van der Waals surface area contributed by atoms with Crippen LogP contribution in [0.3, 0.4) is 0 Å². The van der Waals surface area contributed by atoms with E-state index in [1.165, 1.54) is 12.5 Å². The zero-order valence-corrected chi connectivity index (χ0v) is 18.9. The van der Waals surface area contributed by atoms with Gasteiger partial charge in [0.15, 0.2) is 11.5 Å². The van der Waals surface area contributed by atoms with Crippen LogP contribution in [0.1, 0.15) is 63.0 Å². The van der Waals surface area contributed by atoms with Gasteiger partial charge in [-0.2, -0.15) is 12.6 Å². The first-order valence-corrected chi connectivity index (χ1v) is 11.6. The van der Waals surface area contributed by atoms with E-state index in [4.69, 9.17) is 5.11 Å².